The largest absolute Gasteiger partial charge is 0.380 e. The molecule has 13 heavy (non-hydrogen) atoms. The summed E-state index contributed by atoms with van der Waals surface area (Å²) in [5, 5.41) is 0. The van der Waals surface area contributed by atoms with E-state index in [1.165, 1.54) is 0 Å². The minimum atomic E-state index is -0.676. The Balaban J connectivity index is 2.30. The molecule has 0 aromatic heterocycles. The molecule has 0 saturated carbocycles. The second-order valence-corrected chi connectivity index (χ2v) is 3.95. The highest BCUT2D eigenvalue weighted by atomic mass is 19.1. The van der Waals surface area contributed by atoms with Crippen LogP contribution in [-0.4, -0.2) is 43.9 Å². The molecule has 0 aromatic carbocycles. The van der Waals surface area contributed by atoms with E-state index in [9.17, 15) is 4.39 Å². The number of hydrogen-bond acceptors (Lipinski definition) is 2. The summed E-state index contributed by atoms with van der Waals surface area (Å²) < 4.78 is 18.5. The molecule has 0 bridgehead atoms. The monoisotopic (exact) mass is 189 g/mol. The lowest BCUT2D eigenvalue weighted by molar-refractivity contribution is 0.124. The molecule has 2 nitrogen and oxygen atoms in total. The third-order valence-corrected chi connectivity index (χ3v) is 2.42. The van der Waals surface area contributed by atoms with Crippen molar-refractivity contribution >= 4 is 0 Å². The Hall–Kier alpha value is -0.150. The van der Waals surface area contributed by atoms with Crippen molar-refractivity contribution in [2.24, 2.45) is 5.92 Å². The van der Waals surface area contributed by atoms with Crippen LogP contribution in [0.4, 0.5) is 4.39 Å². The van der Waals surface area contributed by atoms with Gasteiger partial charge in [0.2, 0.25) is 0 Å². The molecule has 2 unspecified atom stereocenters. The van der Waals surface area contributed by atoms with E-state index >= 15 is 0 Å². The summed E-state index contributed by atoms with van der Waals surface area (Å²) in [5.74, 6) is 0.534. The molecular formula is C10H20FNO. The number of alkyl halides is 1. The van der Waals surface area contributed by atoms with Gasteiger partial charge >= 0.3 is 0 Å². The predicted molar refractivity (Wildman–Crippen MR) is 51.6 cm³/mol. The molecule has 0 radical (unpaired) electrons. The first kappa shape index (κ1) is 10.9. The van der Waals surface area contributed by atoms with Gasteiger partial charge in [-0.05, 0) is 12.3 Å². The SMILES string of the molecule is CCC(F)CN1CCOCC(C)C1. The van der Waals surface area contributed by atoms with E-state index in [2.05, 4.69) is 11.8 Å². The smallest absolute Gasteiger partial charge is 0.112 e. The first-order chi connectivity index (χ1) is 6.22. The van der Waals surface area contributed by atoms with E-state index in [1.54, 1.807) is 0 Å². The fourth-order valence-electron chi connectivity index (χ4n) is 1.64. The van der Waals surface area contributed by atoms with Gasteiger partial charge in [-0.15, -0.1) is 0 Å². The van der Waals surface area contributed by atoms with Gasteiger partial charge in [-0.1, -0.05) is 13.8 Å². The molecule has 0 aliphatic carbocycles. The fourth-order valence-corrected chi connectivity index (χ4v) is 1.64. The molecule has 1 saturated heterocycles. The van der Waals surface area contributed by atoms with Crippen molar-refractivity contribution in [3.05, 3.63) is 0 Å². The van der Waals surface area contributed by atoms with Crippen LogP contribution in [0.2, 0.25) is 0 Å². The average Bonchev–Trinajstić information content (AvgIpc) is 2.30. The summed E-state index contributed by atoms with van der Waals surface area (Å²) in [6.07, 6.45) is -0.0588. The van der Waals surface area contributed by atoms with E-state index in [0.29, 0.717) is 18.9 Å². The predicted octanol–water partition coefficient (Wildman–Crippen LogP) is 1.70. The lowest BCUT2D eigenvalue weighted by atomic mass is 10.2. The minimum Gasteiger partial charge on any atom is -0.380 e. The van der Waals surface area contributed by atoms with Crippen molar-refractivity contribution < 1.29 is 9.13 Å². The third-order valence-electron chi connectivity index (χ3n) is 2.42. The van der Waals surface area contributed by atoms with Crippen LogP contribution in [0.15, 0.2) is 0 Å². The Kier molecular flexibility index (Phi) is 4.67. The highest BCUT2D eigenvalue weighted by Crippen LogP contribution is 2.08. The summed E-state index contributed by atoms with van der Waals surface area (Å²) in [6.45, 7) is 8.04. The average molecular weight is 189 g/mol. The molecular weight excluding hydrogens is 169 g/mol. The number of nitrogens with zero attached hydrogens (tertiary/aromatic N) is 1. The van der Waals surface area contributed by atoms with Crippen LogP contribution in [-0.2, 0) is 4.74 Å². The Morgan fingerprint density at radius 3 is 3.08 bits per heavy atom. The van der Waals surface area contributed by atoms with E-state index in [4.69, 9.17) is 4.74 Å². The van der Waals surface area contributed by atoms with Crippen LogP contribution in [0.25, 0.3) is 0 Å². The van der Waals surface area contributed by atoms with Gasteiger partial charge < -0.3 is 4.74 Å². The van der Waals surface area contributed by atoms with Crippen LogP contribution in [0.3, 0.4) is 0 Å². The molecule has 78 valence electrons. The molecule has 0 spiro atoms. The summed E-state index contributed by atoms with van der Waals surface area (Å²) >= 11 is 0. The van der Waals surface area contributed by atoms with Crippen LogP contribution in [0.5, 0.6) is 0 Å². The molecule has 0 amide bonds. The fraction of sp³-hybridized carbons (Fsp3) is 1.00. The van der Waals surface area contributed by atoms with Crippen LogP contribution in [0, 0.1) is 5.92 Å². The summed E-state index contributed by atoms with van der Waals surface area (Å²) in [6, 6.07) is 0. The lowest BCUT2D eigenvalue weighted by Crippen LogP contribution is -2.34. The van der Waals surface area contributed by atoms with Crippen molar-refractivity contribution in [3.8, 4) is 0 Å². The van der Waals surface area contributed by atoms with Crippen LogP contribution < -0.4 is 0 Å². The molecule has 1 aliphatic heterocycles. The topological polar surface area (TPSA) is 12.5 Å². The Labute approximate surface area is 80.1 Å². The zero-order chi connectivity index (χ0) is 9.68. The molecule has 0 aromatic rings. The van der Waals surface area contributed by atoms with Crippen molar-refractivity contribution in [2.45, 2.75) is 26.4 Å². The zero-order valence-electron chi connectivity index (χ0n) is 8.63. The maximum absolute atomic E-state index is 13.1. The van der Waals surface area contributed by atoms with E-state index < -0.39 is 6.17 Å². The van der Waals surface area contributed by atoms with E-state index in [-0.39, 0.29) is 0 Å². The number of rotatable bonds is 3. The van der Waals surface area contributed by atoms with Crippen LogP contribution in [0.1, 0.15) is 20.3 Å². The first-order valence-electron chi connectivity index (χ1n) is 5.16. The summed E-state index contributed by atoms with van der Waals surface area (Å²) in [5.41, 5.74) is 0. The van der Waals surface area contributed by atoms with Crippen molar-refractivity contribution in [2.75, 3.05) is 32.8 Å². The maximum Gasteiger partial charge on any atom is 0.112 e. The van der Waals surface area contributed by atoms with Crippen molar-refractivity contribution in [1.29, 1.82) is 0 Å². The third kappa shape index (κ3) is 4.05. The van der Waals surface area contributed by atoms with Gasteiger partial charge in [-0.25, -0.2) is 4.39 Å². The van der Waals surface area contributed by atoms with Gasteiger partial charge in [-0.3, -0.25) is 4.90 Å². The molecule has 1 rings (SSSR count). The van der Waals surface area contributed by atoms with Gasteiger partial charge in [0.25, 0.3) is 0 Å². The molecule has 1 aliphatic rings. The number of ether oxygens (including phenoxy) is 1. The Morgan fingerprint density at radius 1 is 1.62 bits per heavy atom. The second-order valence-electron chi connectivity index (χ2n) is 3.95. The standard InChI is InChI=1S/C10H20FNO/c1-3-10(11)7-12-4-5-13-8-9(2)6-12/h9-10H,3-8H2,1-2H3. The molecule has 2 atom stereocenters. The van der Waals surface area contributed by atoms with E-state index in [0.717, 1.165) is 26.3 Å². The quantitative estimate of drug-likeness (QED) is 0.670. The first-order valence-corrected chi connectivity index (χ1v) is 5.16. The lowest BCUT2D eigenvalue weighted by Gasteiger charge is -2.22. The highest BCUT2D eigenvalue weighted by molar-refractivity contribution is 4.69. The number of halogens is 1. The maximum atomic E-state index is 13.1. The highest BCUT2D eigenvalue weighted by Gasteiger charge is 2.17. The molecule has 1 fully saturated rings. The molecule has 1 heterocycles. The van der Waals surface area contributed by atoms with Crippen LogP contribution >= 0.6 is 0 Å². The zero-order valence-corrected chi connectivity index (χ0v) is 8.63. The Bertz CT molecular complexity index is 143. The minimum absolute atomic E-state index is 0.534. The van der Waals surface area contributed by atoms with E-state index in [1.807, 2.05) is 6.92 Å². The number of hydrogen-bond donors (Lipinski definition) is 0. The van der Waals surface area contributed by atoms with Gasteiger partial charge in [0.05, 0.1) is 13.2 Å². The van der Waals surface area contributed by atoms with Gasteiger partial charge in [0, 0.05) is 19.6 Å². The normalized spacial score (nSPS) is 28.4. The molecule has 3 heteroatoms. The van der Waals surface area contributed by atoms with Crippen molar-refractivity contribution in [3.63, 3.8) is 0 Å². The second kappa shape index (κ2) is 5.55. The van der Waals surface area contributed by atoms with Gasteiger partial charge in [-0.2, -0.15) is 0 Å². The summed E-state index contributed by atoms with van der Waals surface area (Å²) in [4.78, 5) is 2.17. The van der Waals surface area contributed by atoms with Gasteiger partial charge in [0.15, 0.2) is 0 Å². The molecule has 0 N–H and O–H groups in total. The summed E-state index contributed by atoms with van der Waals surface area (Å²) in [7, 11) is 0. The van der Waals surface area contributed by atoms with Gasteiger partial charge in [0.1, 0.15) is 6.17 Å². The van der Waals surface area contributed by atoms with Crippen molar-refractivity contribution in [1.82, 2.24) is 4.90 Å². The Morgan fingerprint density at radius 2 is 2.38 bits per heavy atom.